The molecule has 3 fully saturated rings. The SMILES string of the molecule is C[C@@]12CC[C@H](O)C[C@H]1CC[C@@H]1C[C@]3(C)C(C#N)=CC[C@H]3C[C@H]12. The number of fused-ring (bicyclic) bond motifs is 4. The summed E-state index contributed by atoms with van der Waals surface area (Å²) in [5.41, 5.74) is 1.67. The first-order chi connectivity index (χ1) is 10.5. The number of nitrogens with zero attached hydrogens (tertiary/aromatic N) is 1. The average molecular weight is 299 g/mol. The first kappa shape index (κ1) is 14.8. The van der Waals surface area contributed by atoms with Crippen molar-refractivity contribution in [1.29, 1.82) is 5.26 Å². The Kier molecular flexibility index (Phi) is 3.25. The third-order valence-electron chi connectivity index (χ3n) is 8.28. The van der Waals surface area contributed by atoms with E-state index in [-0.39, 0.29) is 11.5 Å². The molecule has 0 aromatic heterocycles. The molecule has 2 heteroatoms. The van der Waals surface area contributed by atoms with E-state index in [2.05, 4.69) is 26.0 Å². The van der Waals surface area contributed by atoms with Gasteiger partial charge in [-0.25, -0.2) is 0 Å². The largest absolute Gasteiger partial charge is 0.393 e. The highest BCUT2D eigenvalue weighted by Gasteiger charge is 2.57. The molecule has 0 saturated heterocycles. The van der Waals surface area contributed by atoms with Crippen molar-refractivity contribution in [2.45, 2.75) is 71.3 Å². The van der Waals surface area contributed by atoms with Gasteiger partial charge in [0.15, 0.2) is 0 Å². The molecule has 0 aromatic carbocycles. The van der Waals surface area contributed by atoms with E-state index in [1.165, 1.54) is 32.1 Å². The van der Waals surface area contributed by atoms with Crippen molar-refractivity contribution in [2.24, 2.45) is 34.5 Å². The van der Waals surface area contributed by atoms with Gasteiger partial charge < -0.3 is 5.11 Å². The Hall–Kier alpha value is -0.810. The summed E-state index contributed by atoms with van der Waals surface area (Å²) >= 11 is 0. The fraction of sp³-hybridized carbons (Fsp3) is 0.850. The number of hydrogen-bond acceptors (Lipinski definition) is 2. The van der Waals surface area contributed by atoms with Gasteiger partial charge in [-0.15, -0.1) is 0 Å². The maximum absolute atomic E-state index is 10.1. The van der Waals surface area contributed by atoms with Crippen LogP contribution in [0.5, 0.6) is 0 Å². The summed E-state index contributed by atoms with van der Waals surface area (Å²) in [5.74, 6) is 3.04. The minimum absolute atomic E-state index is 0.0539. The van der Waals surface area contributed by atoms with Gasteiger partial charge in [0, 0.05) is 11.0 Å². The van der Waals surface area contributed by atoms with Crippen molar-refractivity contribution in [3.05, 3.63) is 11.6 Å². The summed E-state index contributed by atoms with van der Waals surface area (Å²) in [5, 5.41) is 19.6. The van der Waals surface area contributed by atoms with Crippen LogP contribution in [0, 0.1) is 45.8 Å². The molecule has 22 heavy (non-hydrogen) atoms. The fourth-order valence-corrected chi connectivity index (χ4v) is 6.82. The Morgan fingerprint density at radius 1 is 1.18 bits per heavy atom. The normalized spacial score (nSPS) is 53.7. The average Bonchev–Trinajstić information content (AvgIpc) is 2.82. The monoisotopic (exact) mass is 299 g/mol. The fourth-order valence-electron chi connectivity index (χ4n) is 6.82. The molecule has 0 aromatic rings. The van der Waals surface area contributed by atoms with E-state index in [1.807, 2.05) is 0 Å². The topological polar surface area (TPSA) is 44.0 Å². The van der Waals surface area contributed by atoms with Gasteiger partial charge in [0.2, 0.25) is 0 Å². The Balaban J connectivity index is 1.62. The van der Waals surface area contributed by atoms with E-state index in [0.717, 1.165) is 42.6 Å². The molecular weight excluding hydrogens is 270 g/mol. The Morgan fingerprint density at radius 3 is 2.77 bits per heavy atom. The van der Waals surface area contributed by atoms with Gasteiger partial charge in [-0.05, 0) is 80.5 Å². The van der Waals surface area contributed by atoms with Crippen LogP contribution < -0.4 is 0 Å². The van der Waals surface area contributed by atoms with Crippen molar-refractivity contribution < 1.29 is 5.11 Å². The highest BCUT2D eigenvalue weighted by Crippen LogP contribution is 2.65. The second-order valence-electron chi connectivity index (χ2n) is 9.09. The molecule has 4 aliphatic carbocycles. The summed E-state index contributed by atoms with van der Waals surface area (Å²) < 4.78 is 0. The lowest BCUT2D eigenvalue weighted by Gasteiger charge is -2.59. The molecule has 4 rings (SSSR count). The second kappa shape index (κ2) is 4.84. The van der Waals surface area contributed by atoms with Gasteiger partial charge >= 0.3 is 0 Å². The lowest BCUT2D eigenvalue weighted by Crippen LogP contribution is -2.52. The zero-order valence-electron chi connectivity index (χ0n) is 14.0. The van der Waals surface area contributed by atoms with E-state index in [0.29, 0.717) is 11.3 Å². The smallest absolute Gasteiger partial charge is 0.0949 e. The van der Waals surface area contributed by atoms with E-state index >= 15 is 0 Å². The number of aliphatic hydroxyl groups is 1. The summed E-state index contributed by atoms with van der Waals surface area (Å²) in [4.78, 5) is 0. The van der Waals surface area contributed by atoms with Crippen LogP contribution in [-0.2, 0) is 0 Å². The summed E-state index contributed by atoms with van der Waals surface area (Å²) in [6.07, 6.45) is 11.7. The molecule has 1 N–H and O–H groups in total. The Bertz CT molecular complexity index is 546. The molecule has 0 amide bonds. The molecule has 0 radical (unpaired) electrons. The molecule has 0 spiro atoms. The molecule has 120 valence electrons. The van der Waals surface area contributed by atoms with Crippen molar-refractivity contribution in [3.8, 4) is 6.07 Å². The predicted molar refractivity (Wildman–Crippen MR) is 86.8 cm³/mol. The molecule has 2 nitrogen and oxygen atoms in total. The molecular formula is C20H29NO. The molecule has 3 saturated carbocycles. The van der Waals surface area contributed by atoms with Crippen LogP contribution in [0.25, 0.3) is 0 Å². The standard InChI is InChI=1S/C20H29NO/c1-19-8-7-17(22)9-14(19)4-3-13-11-20(2)15(10-18(13)19)5-6-16(20)12-21/h6,13-15,17-18,22H,3-5,7-11H2,1-2H3/t13-,14-,15+,17+,18-,19-,20+/m1/s1. The molecule has 7 atom stereocenters. The van der Waals surface area contributed by atoms with Crippen molar-refractivity contribution in [1.82, 2.24) is 0 Å². The highest BCUT2D eigenvalue weighted by atomic mass is 16.3. The van der Waals surface area contributed by atoms with Gasteiger partial charge in [0.1, 0.15) is 0 Å². The molecule has 0 bridgehead atoms. The Morgan fingerprint density at radius 2 is 2.00 bits per heavy atom. The van der Waals surface area contributed by atoms with Gasteiger partial charge in [-0.1, -0.05) is 19.9 Å². The van der Waals surface area contributed by atoms with Crippen molar-refractivity contribution >= 4 is 0 Å². The number of aliphatic hydroxyl groups excluding tert-OH is 1. The van der Waals surface area contributed by atoms with E-state index < -0.39 is 0 Å². The third kappa shape index (κ3) is 1.88. The number of hydrogen-bond donors (Lipinski definition) is 1. The number of nitriles is 1. The molecule has 0 heterocycles. The van der Waals surface area contributed by atoms with E-state index in [9.17, 15) is 10.4 Å². The van der Waals surface area contributed by atoms with Gasteiger partial charge in [0.25, 0.3) is 0 Å². The summed E-state index contributed by atoms with van der Waals surface area (Å²) in [6, 6.07) is 2.50. The first-order valence-electron chi connectivity index (χ1n) is 9.26. The molecule has 4 aliphatic rings. The van der Waals surface area contributed by atoms with Gasteiger partial charge in [0.05, 0.1) is 12.2 Å². The van der Waals surface area contributed by atoms with E-state index in [4.69, 9.17) is 0 Å². The maximum atomic E-state index is 10.1. The van der Waals surface area contributed by atoms with Crippen molar-refractivity contribution in [2.75, 3.05) is 0 Å². The maximum Gasteiger partial charge on any atom is 0.0949 e. The predicted octanol–water partition coefficient (Wildman–Crippen LogP) is 4.45. The lowest BCUT2D eigenvalue weighted by atomic mass is 9.45. The van der Waals surface area contributed by atoms with Crippen LogP contribution in [0.2, 0.25) is 0 Å². The van der Waals surface area contributed by atoms with Gasteiger partial charge in [-0.3, -0.25) is 0 Å². The minimum Gasteiger partial charge on any atom is -0.393 e. The van der Waals surface area contributed by atoms with Crippen LogP contribution in [0.4, 0.5) is 0 Å². The summed E-state index contributed by atoms with van der Waals surface area (Å²) in [6.45, 7) is 4.88. The minimum atomic E-state index is -0.0539. The van der Waals surface area contributed by atoms with Crippen LogP contribution in [-0.4, -0.2) is 11.2 Å². The highest BCUT2D eigenvalue weighted by molar-refractivity contribution is 5.35. The number of allylic oxidation sites excluding steroid dienone is 2. The van der Waals surface area contributed by atoms with Gasteiger partial charge in [-0.2, -0.15) is 5.26 Å². The van der Waals surface area contributed by atoms with E-state index in [1.54, 1.807) is 0 Å². The zero-order chi connectivity index (χ0) is 15.5. The van der Waals surface area contributed by atoms with Crippen LogP contribution in [0.15, 0.2) is 11.6 Å². The molecule has 0 unspecified atom stereocenters. The quantitative estimate of drug-likeness (QED) is 0.718. The van der Waals surface area contributed by atoms with Crippen LogP contribution in [0.1, 0.15) is 65.2 Å². The van der Waals surface area contributed by atoms with Crippen LogP contribution in [0.3, 0.4) is 0 Å². The summed E-state index contributed by atoms with van der Waals surface area (Å²) in [7, 11) is 0. The van der Waals surface area contributed by atoms with Crippen molar-refractivity contribution in [3.63, 3.8) is 0 Å². The Labute approximate surface area is 134 Å². The van der Waals surface area contributed by atoms with Crippen LogP contribution >= 0.6 is 0 Å². The number of rotatable bonds is 0. The second-order valence-corrected chi connectivity index (χ2v) is 9.09. The zero-order valence-corrected chi connectivity index (χ0v) is 14.0. The lowest BCUT2D eigenvalue weighted by molar-refractivity contribution is -0.109. The first-order valence-corrected chi connectivity index (χ1v) is 9.26. The third-order valence-corrected chi connectivity index (χ3v) is 8.28. The molecule has 0 aliphatic heterocycles.